The number of ether oxygens (including phenoxy) is 1. The van der Waals surface area contributed by atoms with E-state index in [1.807, 2.05) is 24.3 Å². The fourth-order valence-corrected chi connectivity index (χ4v) is 2.04. The van der Waals surface area contributed by atoms with E-state index in [-0.39, 0.29) is 6.04 Å². The summed E-state index contributed by atoms with van der Waals surface area (Å²) in [6.45, 7) is 2.69. The van der Waals surface area contributed by atoms with Crippen LogP contribution in [0, 0.1) is 0 Å². The predicted octanol–water partition coefficient (Wildman–Crippen LogP) is 3.29. The summed E-state index contributed by atoms with van der Waals surface area (Å²) in [4.78, 5) is 0. The third-order valence-electron chi connectivity index (χ3n) is 3.03. The smallest absolute Gasteiger partial charge is 0.154 e. The van der Waals surface area contributed by atoms with Gasteiger partial charge in [-0.15, -0.1) is 0 Å². The van der Waals surface area contributed by atoms with Crippen molar-refractivity contribution < 1.29 is 9.26 Å². The van der Waals surface area contributed by atoms with E-state index in [1.54, 1.807) is 7.11 Å². The summed E-state index contributed by atoms with van der Waals surface area (Å²) in [5, 5.41) is 4.10. The van der Waals surface area contributed by atoms with Crippen LogP contribution in [0.15, 0.2) is 34.9 Å². The molecular weight excluding hydrogens is 240 g/mol. The van der Waals surface area contributed by atoms with Crippen LogP contribution in [0.5, 0.6) is 0 Å². The van der Waals surface area contributed by atoms with E-state index < -0.39 is 0 Å². The monoisotopic (exact) mass is 260 g/mol. The van der Waals surface area contributed by atoms with Crippen LogP contribution in [0.2, 0.25) is 0 Å². The highest BCUT2D eigenvalue weighted by molar-refractivity contribution is 5.59. The molecule has 0 saturated heterocycles. The second kappa shape index (κ2) is 6.50. The van der Waals surface area contributed by atoms with Crippen LogP contribution in [-0.4, -0.2) is 12.3 Å². The van der Waals surface area contributed by atoms with Crippen molar-refractivity contribution in [2.75, 3.05) is 7.11 Å². The molecular formula is C15H20N2O2. The molecule has 102 valence electrons. The van der Waals surface area contributed by atoms with Gasteiger partial charge in [0.2, 0.25) is 0 Å². The maximum atomic E-state index is 6.02. The molecule has 0 amide bonds. The molecule has 0 radical (unpaired) electrons. The van der Waals surface area contributed by atoms with E-state index in [0.717, 1.165) is 35.4 Å². The molecule has 0 saturated carbocycles. The molecule has 1 heterocycles. The molecule has 0 bridgehead atoms. The van der Waals surface area contributed by atoms with Crippen LogP contribution >= 0.6 is 0 Å². The molecule has 0 spiro atoms. The van der Waals surface area contributed by atoms with Crippen molar-refractivity contribution in [3.05, 3.63) is 41.7 Å². The summed E-state index contributed by atoms with van der Waals surface area (Å²) in [6.07, 6.45) is 1.93. The van der Waals surface area contributed by atoms with Gasteiger partial charge >= 0.3 is 0 Å². The van der Waals surface area contributed by atoms with Gasteiger partial charge in [-0.3, -0.25) is 0 Å². The summed E-state index contributed by atoms with van der Waals surface area (Å²) >= 11 is 0. The first-order valence-electron chi connectivity index (χ1n) is 6.55. The first kappa shape index (κ1) is 13.8. The summed E-state index contributed by atoms with van der Waals surface area (Å²) in [5.74, 6) is 0.744. The number of rotatable bonds is 6. The summed E-state index contributed by atoms with van der Waals surface area (Å²) in [6, 6.07) is 9.92. The van der Waals surface area contributed by atoms with E-state index >= 15 is 0 Å². The topological polar surface area (TPSA) is 61.3 Å². The second-order valence-corrected chi connectivity index (χ2v) is 4.64. The van der Waals surface area contributed by atoms with Gasteiger partial charge in [0.25, 0.3) is 0 Å². The van der Waals surface area contributed by atoms with E-state index in [2.05, 4.69) is 18.1 Å². The van der Waals surface area contributed by atoms with Gasteiger partial charge in [0, 0.05) is 18.7 Å². The minimum atomic E-state index is -0.0755. The third kappa shape index (κ3) is 3.43. The zero-order valence-electron chi connectivity index (χ0n) is 11.4. The number of aromatic nitrogens is 1. The standard InChI is InChI=1S/C15H20N2O2/c1-3-5-13(16)15-9-14(17-19-15)12-7-4-6-11(8-12)10-18-2/h4,6-9,13H,3,5,10,16H2,1-2H3. The van der Waals surface area contributed by atoms with Crippen LogP contribution in [-0.2, 0) is 11.3 Å². The lowest BCUT2D eigenvalue weighted by Crippen LogP contribution is -2.08. The van der Waals surface area contributed by atoms with Crippen molar-refractivity contribution in [3.8, 4) is 11.3 Å². The van der Waals surface area contributed by atoms with Crippen LogP contribution in [0.1, 0.15) is 37.1 Å². The van der Waals surface area contributed by atoms with Gasteiger partial charge in [-0.1, -0.05) is 36.7 Å². The van der Waals surface area contributed by atoms with Crippen LogP contribution in [0.25, 0.3) is 11.3 Å². The number of benzene rings is 1. The molecule has 0 aliphatic heterocycles. The first-order valence-corrected chi connectivity index (χ1v) is 6.55. The zero-order valence-corrected chi connectivity index (χ0v) is 11.4. The van der Waals surface area contributed by atoms with Crippen molar-refractivity contribution in [3.63, 3.8) is 0 Å². The lowest BCUT2D eigenvalue weighted by Gasteiger charge is -2.03. The number of nitrogens with two attached hydrogens (primary N) is 1. The number of hydrogen-bond acceptors (Lipinski definition) is 4. The largest absolute Gasteiger partial charge is 0.380 e. The Labute approximate surface area is 113 Å². The average Bonchev–Trinajstić information content (AvgIpc) is 2.89. The highest BCUT2D eigenvalue weighted by Gasteiger charge is 2.13. The summed E-state index contributed by atoms with van der Waals surface area (Å²) in [7, 11) is 1.69. The van der Waals surface area contributed by atoms with Crippen molar-refractivity contribution in [2.45, 2.75) is 32.4 Å². The van der Waals surface area contributed by atoms with Gasteiger partial charge in [0.1, 0.15) is 5.69 Å². The van der Waals surface area contributed by atoms with Crippen molar-refractivity contribution >= 4 is 0 Å². The van der Waals surface area contributed by atoms with Gasteiger partial charge in [-0.05, 0) is 18.1 Å². The van der Waals surface area contributed by atoms with Gasteiger partial charge in [0.05, 0.1) is 12.6 Å². The summed E-state index contributed by atoms with van der Waals surface area (Å²) < 4.78 is 10.5. The molecule has 1 atom stereocenters. The molecule has 2 aromatic rings. The number of hydrogen-bond donors (Lipinski definition) is 1. The molecule has 19 heavy (non-hydrogen) atoms. The number of methoxy groups -OCH3 is 1. The second-order valence-electron chi connectivity index (χ2n) is 4.64. The van der Waals surface area contributed by atoms with Gasteiger partial charge in [0.15, 0.2) is 5.76 Å². The molecule has 4 nitrogen and oxygen atoms in total. The molecule has 1 aromatic carbocycles. The van der Waals surface area contributed by atoms with Gasteiger partial charge in [-0.2, -0.15) is 0 Å². The fourth-order valence-electron chi connectivity index (χ4n) is 2.04. The van der Waals surface area contributed by atoms with E-state index in [4.69, 9.17) is 15.0 Å². The molecule has 2 N–H and O–H groups in total. The van der Waals surface area contributed by atoms with Crippen molar-refractivity contribution in [1.82, 2.24) is 5.16 Å². The van der Waals surface area contributed by atoms with Crippen LogP contribution in [0.4, 0.5) is 0 Å². The Hall–Kier alpha value is -1.65. The van der Waals surface area contributed by atoms with Crippen molar-refractivity contribution in [2.24, 2.45) is 5.73 Å². The molecule has 4 heteroatoms. The Morgan fingerprint density at radius 3 is 2.95 bits per heavy atom. The average molecular weight is 260 g/mol. The SMILES string of the molecule is CCCC(N)c1cc(-c2cccc(COC)c2)no1. The van der Waals surface area contributed by atoms with Crippen LogP contribution in [0.3, 0.4) is 0 Å². The molecule has 0 aliphatic rings. The predicted molar refractivity (Wildman–Crippen MR) is 74.5 cm³/mol. The fraction of sp³-hybridized carbons (Fsp3) is 0.400. The minimum absolute atomic E-state index is 0.0755. The Morgan fingerprint density at radius 1 is 1.37 bits per heavy atom. The molecule has 0 aliphatic carbocycles. The van der Waals surface area contributed by atoms with E-state index in [1.165, 1.54) is 0 Å². The Morgan fingerprint density at radius 2 is 2.21 bits per heavy atom. The zero-order chi connectivity index (χ0) is 13.7. The van der Waals surface area contributed by atoms with Gasteiger partial charge < -0.3 is 15.0 Å². The highest BCUT2D eigenvalue weighted by atomic mass is 16.5. The lowest BCUT2D eigenvalue weighted by molar-refractivity contribution is 0.185. The Balaban J connectivity index is 2.20. The van der Waals surface area contributed by atoms with E-state index in [0.29, 0.717) is 6.61 Å². The van der Waals surface area contributed by atoms with Crippen molar-refractivity contribution in [1.29, 1.82) is 0 Å². The molecule has 2 rings (SSSR count). The molecule has 1 aromatic heterocycles. The first-order chi connectivity index (χ1) is 9.24. The maximum absolute atomic E-state index is 6.02. The van der Waals surface area contributed by atoms with E-state index in [9.17, 15) is 0 Å². The minimum Gasteiger partial charge on any atom is -0.380 e. The third-order valence-corrected chi connectivity index (χ3v) is 3.03. The maximum Gasteiger partial charge on any atom is 0.154 e. The summed E-state index contributed by atoms with van der Waals surface area (Å²) in [5.41, 5.74) is 8.97. The number of nitrogens with zero attached hydrogens (tertiary/aromatic N) is 1. The van der Waals surface area contributed by atoms with Crippen LogP contribution < -0.4 is 5.73 Å². The Bertz CT molecular complexity index is 522. The quantitative estimate of drug-likeness (QED) is 0.865. The normalized spacial score (nSPS) is 12.6. The molecule has 1 unspecified atom stereocenters. The van der Waals surface area contributed by atoms with Gasteiger partial charge in [-0.25, -0.2) is 0 Å². The Kier molecular flexibility index (Phi) is 4.71. The lowest BCUT2D eigenvalue weighted by atomic mass is 10.1. The highest BCUT2D eigenvalue weighted by Crippen LogP contribution is 2.24. The molecule has 0 fully saturated rings.